The summed E-state index contributed by atoms with van der Waals surface area (Å²) in [6.45, 7) is 0. The number of aromatic hydroxyl groups is 14. The second kappa shape index (κ2) is 17.6. The Morgan fingerprint density at radius 1 is 0.300 bits per heavy atom. The fourth-order valence-corrected chi connectivity index (χ4v) is 7.64. The van der Waals surface area contributed by atoms with Crippen molar-refractivity contribution >= 4 is 0 Å². The van der Waals surface area contributed by atoms with Crippen LogP contribution in [0.15, 0.2) is 84.9 Å². The molecule has 0 saturated heterocycles. The number of hydrogen-bond donors (Lipinski definition) is 14. The van der Waals surface area contributed by atoms with Crippen molar-refractivity contribution < 1.29 is 71.5 Å². The molecule has 0 amide bonds. The zero-order chi connectivity index (χ0) is 43.4. The highest BCUT2D eigenvalue weighted by atomic mass is 16.3. The molecular formula is C46H46O14. The molecule has 14 heteroatoms. The van der Waals surface area contributed by atoms with Gasteiger partial charge in [0, 0.05) is 0 Å². The van der Waals surface area contributed by atoms with Crippen LogP contribution in [0, 0.1) is 5.92 Å². The Bertz CT molecular complexity index is 2440. The molecule has 2 atom stereocenters. The van der Waals surface area contributed by atoms with Crippen molar-refractivity contribution in [1.29, 1.82) is 0 Å². The summed E-state index contributed by atoms with van der Waals surface area (Å²) in [5, 5.41) is 143. The lowest BCUT2D eigenvalue weighted by atomic mass is 9.75. The van der Waals surface area contributed by atoms with Gasteiger partial charge in [0.15, 0.2) is 69.0 Å². The van der Waals surface area contributed by atoms with Gasteiger partial charge < -0.3 is 71.5 Å². The van der Waals surface area contributed by atoms with E-state index in [0.717, 1.165) is 5.56 Å². The number of hydrogen-bond acceptors (Lipinski definition) is 14. The van der Waals surface area contributed by atoms with E-state index in [9.17, 15) is 71.5 Å². The molecule has 0 aromatic heterocycles. The van der Waals surface area contributed by atoms with Gasteiger partial charge in [0.05, 0.1) is 0 Å². The summed E-state index contributed by atoms with van der Waals surface area (Å²) in [5.74, 6) is -7.67. The van der Waals surface area contributed by atoms with Crippen molar-refractivity contribution in [2.24, 2.45) is 5.92 Å². The van der Waals surface area contributed by atoms with E-state index in [4.69, 9.17) is 0 Å². The Morgan fingerprint density at radius 2 is 0.650 bits per heavy atom. The summed E-state index contributed by atoms with van der Waals surface area (Å²) in [6, 6.07) is 20.9. The molecule has 6 aromatic rings. The SMILES string of the molecule is Oc1cc(CC[C@H](Cc2cc(O)c(O)c(O)c2)[C@@H](Cc2cc(O)c(O)c(O)c2)c2ccc(CCc3cc(O)c(O)c(O)c3)c(O)c2)ccc1CCc1cc(O)c(O)c(O)c1. The smallest absolute Gasteiger partial charge is 0.200 e. The number of aryl methyl sites for hydroxylation is 5. The van der Waals surface area contributed by atoms with E-state index in [1.54, 1.807) is 30.3 Å². The molecule has 0 saturated carbocycles. The van der Waals surface area contributed by atoms with Gasteiger partial charge in [0.2, 0.25) is 0 Å². The highest BCUT2D eigenvalue weighted by Crippen LogP contribution is 2.43. The second-order valence-electron chi connectivity index (χ2n) is 15.1. The normalized spacial score (nSPS) is 12.3. The number of benzene rings is 6. The Morgan fingerprint density at radius 3 is 1.05 bits per heavy atom. The fourth-order valence-electron chi connectivity index (χ4n) is 7.64. The summed E-state index contributed by atoms with van der Waals surface area (Å²) in [6.07, 6.45) is 2.42. The quantitative estimate of drug-likeness (QED) is 0.0467. The van der Waals surface area contributed by atoms with Gasteiger partial charge in [-0.1, -0.05) is 24.3 Å². The largest absolute Gasteiger partial charge is 0.508 e. The molecule has 6 rings (SSSR count). The molecule has 0 bridgehead atoms. The van der Waals surface area contributed by atoms with Crippen LogP contribution in [0.1, 0.15) is 56.8 Å². The minimum Gasteiger partial charge on any atom is -0.508 e. The third-order valence-corrected chi connectivity index (χ3v) is 10.9. The summed E-state index contributed by atoms with van der Waals surface area (Å²) < 4.78 is 0. The third kappa shape index (κ3) is 9.61. The molecule has 0 unspecified atom stereocenters. The summed E-state index contributed by atoms with van der Waals surface area (Å²) >= 11 is 0. The minimum absolute atomic E-state index is 0.00878. The van der Waals surface area contributed by atoms with Gasteiger partial charge >= 0.3 is 0 Å². The van der Waals surface area contributed by atoms with E-state index in [-0.39, 0.29) is 37.2 Å². The van der Waals surface area contributed by atoms with Crippen LogP contribution in [0.25, 0.3) is 0 Å². The maximum atomic E-state index is 11.3. The van der Waals surface area contributed by atoms with Gasteiger partial charge in [-0.3, -0.25) is 0 Å². The molecule has 0 heterocycles. The van der Waals surface area contributed by atoms with Crippen molar-refractivity contribution in [3.63, 3.8) is 0 Å². The van der Waals surface area contributed by atoms with E-state index in [2.05, 4.69) is 0 Å². The molecule has 0 spiro atoms. The Labute approximate surface area is 343 Å². The molecule has 0 aliphatic rings. The summed E-state index contributed by atoms with van der Waals surface area (Å²) in [7, 11) is 0. The van der Waals surface area contributed by atoms with Crippen LogP contribution in [0.2, 0.25) is 0 Å². The highest BCUT2D eigenvalue weighted by molar-refractivity contribution is 5.54. The highest BCUT2D eigenvalue weighted by Gasteiger charge is 2.27. The van der Waals surface area contributed by atoms with E-state index >= 15 is 0 Å². The molecule has 0 aliphatic heterocycles. The van der Waals surface area contributed by atoms with Crippen molar-refractivity contribution in [2.45, 2.75) is 57.3 Å². The Balaban J connectivity index is 1.32. The van der Waals surface area contributed by atoms with Gasteiger partial charge in [-0.25, -0.2) is 0 Å². The van der Waals surface area contributed by atoms with Crippen LogP contribution >= 0.6 is 0 Å². The number of rotatable bonds is 15. The van der Waals surface area contributed by atoms with Crippen LogP contribution in [0.3, 0.4) is 0 Å². The molecular weight excluding hydrogens is 776 g/mol. The first-order valence-electron chi connectivity index (χ1n) is 19.0. The van der Waals surface area contributed by atoms with Crippen molar-refractivity contribution in [1.82, 2.24) is 0 Å². The van der Waals surface area contributed by atoms with Gasteiger partial charge in [-0.15, -0.1) is 0 Å². The summed E-state index contributed by atoms with van der Waals surface area (Å²) in [5.41, 5.74) is 4.45. The first kappa shape index (κ1) is 42.1. The third-order valence-electron chi connectivity index (χ3n) is 10.9. The number of phenolic OH excluding ortho intramolecular Hbond substituents is 14. The van der Waals surface area contributed by atoms with Gasteiger partial charge in [0.1, 0.15) is 11.5 Å². The monoisotopic (exact) mass is 822 g/mol. The van der Waals surface area contributed by atoms with E-state index in [1.807, 2.05) is 6.07 Å². The number of phenols is 14. The van der Waals surface area contributed by atoms with Crippen molar-refractivity contribution in [2.75, 3.05) is 0 Å². The van der Waals surface area contributed by atoms with Crippen LogP contribution in [0.5, 0.6) is 80.5 Å². The molecule has 0 aliphatic carbocycles. The topological polar surface area (TPSA) is 283 Å². The lowest BCUT2D eigenvalue weighted by Crippen LogP contribution is -2.19. The predicted octanol–water partition coefficient (Wildman–Crippen LogP) is 6.95. The molecule has 0 radical (unpaired) electrons. The maximum absolute atomic E-state index is 11.3. The predicted molar refractivity (Wildman–Crippen MR) is 219 cm³/mol. The first-order chi connectivity index (χ1) is 28.5. The van der Waals surface area contributed by atoms with Crippen LogP contribution in [-0.4, -0.2) is 71.5 Å². The average Bonchev–Trinajstić information content (AvgIpc) is 3.19. The van der Waals surface area contributed by atoms with Gasteiger partial charge in [-0.2, -0.15) is 0 Å². The Kier molecular flexibility index (Phi) is 12.3. The molecule has 0 fully saturated rings. The Hall–Kier alpha value is -7.48. The molecule has 14 nitrogen and oxygen atoms in total. The molecule has 60 heavy (non-hydrogen) atoms. The lowest BCUT2D eigenvalue weighted by molar-refractivity contribution is 0.359. The zero-order valence-corrected chi connectivity index (χ0v) is 32.2. The second-order valence-corrected chi connectivity index (χ2v) is 15.1. The van der Waals surface area contributed by atoms with Crippen LogP contribution in [0.4, 0.5) is 0 Å². The lowest BCUT2D eigenvalue weighted by Gasteiger charge is -2.29. The van der Waals surface area contributed by atoms with Gasteiger partial charge in [0.25, 0.3) is 0 Å². The zero-order valence-electron chi connectivity index (χ0n) is 32.2. The summed E-state index contributed by atoms with van der Waals surface area (Å²) in [4.78, 5) is 0. The van der Waals surface area contributed by atoms with Crippen molar-refractivity contribution in [3.8, 4) is 80.5 Å². The molecule has 6 aromatic carbocycles. The fraction of sp³-hybridized carbons (Fsp3) is 0.217. The van der Waals surface area contributed by atoms with Crippen LogP contribution in [-0.2, 0) is 44.9 Å². The molecule has 314 valence electrons. The maximum Gasteiger partial charge on any atom is 0.200 e. The van der Waals surface area contributed by atoms with Crippen molar-refractivity contribution in [3.05, 3.63) is 129 Å². The molecule has 14 N–H and O–H groups in total. The van der Waals surface area contributed by atoms with E-state index in [1.165, 1.54) is 48.5 Å². The standard InChI is InChI=1S/C46H46O14/c47-33-13-23(1-5-28(33)6-3-24-14-35(49)43(57)36(50)15-24)2-8-30(11-26-18-39(53)45(59)40(54)19-26)32(12-27-20-41(55)46(60)42(56)21-27)31-10-9-29(34(48)22-31)7-4-25-16-37(51)44(58)38(52)17-25/h1,5,9-10,13-22,30,32,47-60H,2-4,6-8,11-12H2/t30-,32-/m1/s1. The van der Waals surface area contributed by atoms with Gasteiger partial charge in [-0.05, 0) is 168 Å². The first-order valence-corrected chi connectivity index (χ1v) is 19.0. The van der Waals surface area contributed by atoms with E-state index in [0.29, 0.717) is 64.6 Å². The average molecular weight is 823 g/mol. The van der Waals surface area contributed by atoms with Crippen LogP contribution < -0.4 is 0 Å². The van der Waals surface area contributed by atoms with E-state index < -0.39 is 80.8 Å². The minimum atomic E-state index is -0.693.